The highest BCUT2D eigenvalue weighted by Crippen LogP contribution is 2.02. The van der Waals surface area contributed by atoms with Gasteiger partial charge in [-0.25, -0.2) is 0 Å². The molecule has 0 bridgehead atoms. The number of nitrogens with two attached hydrogens (primary N) is 1. The summed E-state index contributed by atoms with van der Waals surface area (Å²) in [4.78, 5) is 0. The summed E-state index contributed by atoms with van der Waals surface area (Å²) in [6.07, 6.45) is 1.18. The minimum atomic E-state index is 0.965. The molecule has 0 saturated carbocycles. The van der Waals surface area contributed by atoms with Gasteiger partial charge in [0, 0.05) is 0 Å². The fourth-order valence-corrected chi connectivity index (χ4v) is 0.861. The molecule has 0 aromatic rings. The van der Waals surface area contributed by atoms with E-state index in [2.05, 4.69) is 12.0 Å². The Bertz CT molecular complexity index is 80.5. The molecule has 0 heterocycles. The molecule has 0 spiro atoms. The molecular formula is C5H12N2S. The Kier molecular flexibility index (Phi) is 4.85. The molecule has 0 radical (unpaired) electrons. The highest BCUT2D eigenvalue weighted by Gasteiger charge is 1.86. The molecule has 0 aliphatic rings. The van der Waals surface area contributed by atoms with E-state index in [9.17, 15) is 0 Å². The first-order valence-corrected chi connectivity index (χ1v) is 3.67. The van der Waals surface area contributed by atoms with Crippen LogP contribution >= 0.6 is 11.8 Å². The smallest absolute Gasteiger partial charge is 0.0897 e. The molecule has 0 fully saturated rings. The lowest BCUT2D eigenvalue weighted by Crippen LogP contribution is -1.91. The summed E-state index contributed by atoms with van der Waals surface area (Å²) in [5.74, 6) is 6.10. The molecule has 0 atom stereocenters. The third-order valence-corrected chi connectivity index (χ3v) is 1.83. The van der Waals surface area contributed by atoms with Crippen LogP contribution in [0, 0.1) is 0 Å². The lowest BCUT2D eigenvalue weighted by molar-refractivity contribution is 1.11. The number of hydrazone groups is 1. The van der Waals surface area contributed by atoms with Crippen molar-refractivity contribution in [1.82, 2.24) is 0 Å². The highest BCUT2D eigenvalue weighted by atomic mass is 32.2. The first-order valence-electron chi connectivity index (χ1n) is 2.68. The Balaban J connectivity index is 3.12. The van der Waals surface area contributed by atoms with Crippen molar-refractivity contribution in [3.8, 4) is 0 Å². The van der Waals surface area contributed by atoms with Crippen LogP contribution in [0.4, 0.5) is 0 Å². The van der Waals surface area contributed by atoms with Gasteiger partial charge in [0.05, 0.1) is 5.04 Å². The van der Waals surface area contributed by atoms with Crippen molar-refractivity contribution < 1.29 is 0 Å². The van der Waals surface area contributed by atoms with E-state index >= 15 is 0 Å². The lowest BCUT2D eigenvalue weighted by Gasteiger charge is -1.92. The Morgan fingerprint density at radius 3 is 2.75 bits per heavy atom. The van der Waals surface area contributed by atoms with Crippen molar-refractivity contribution in [2.24, 2.45) is 10.9 Å². The monoisotopic (exact) mass is 132 g/mol. The second-order valence-electron chi connectivity index (χ2n) is 1.50. The molecule has 48 valence electrons. The number of rotatable bonds is 2. The second kappa shape index (κ2) is 4.97. The molecule has 0 aliphatic heterocycles. The normalized spacial score (nSPS) is 12.0. The summed E-state index contributed by atoms with van der Waals surface area (Å²) < 4.78 is 0. The van der Waals surface area contributed by atoms with E-state index in [1.54, 1.807) is 11.8 Å². The van der Waals surface area contributed by atoms with Gasteiger partial charge in [-0.1, -0.05) is 6.92 Å². The third kappa shape index (κ3) is 3.99. The quantitative estimate of drug-likeness (QED) is 0.267. The standard InChI is InChI=1S/C5H12N2S/c1-3-4-8-5(2)7-6/h3-4,6H2,1-2H3/b7-5-. The summed E-state index contributed by atoms with van der Waals surface area (Å²) in [6, 6.07) is 0. The number of hydrogen-bond donors (Lipinski definition) is 1. The van der Waals surface area contributed by atoms with Crippen molar-refractivity contribution >= 4 is 16.8 Å². The fraction of sp³-hybridized carbons (Fsp3) is 0.800. The molecule has 2 nitrogen and oxygen atoms in total. The summed E-state index contributed by atoms with van der Waals surface area (Å²) in [5, 5.41) is 4.47. The van der Waals surface area contributed by atoms with Gasteiger partial charge in [0.25, 0.3) is 0 Å². The summed E-state index contributed by atoms with van der Waals surface area (Å²) in [6.45, 7) is 4.05. The van der Waals surface area contributed by atoms with Gasteiger partial charge in [-0.2, -0.15) is 5.10 Å². The highest BCUT2D eigenvalue weighted by molar-refractivity contribution is 8.13. The zero-order valence-corrected chi connectivity index (χ0v) is 6.16. The van der Waals surface area contributed by atoms with Crippen molar-refractivity contribution in [1.29, 1.82) is 0 Å². The zero-order valence-electron chi connectivity index (χ0n) is 5.35. The molecule has 0 amide bonds. The first-order chi connectivity index (χ1) is 3.81. The zero-order chi connectivity index (χ0) is 6.41. The number of thioether (sulfide) groups is 1. The molecule has 0 aliphatic carbocycles. The first kappa shape index (κ1) is 7.82. The lowest BCUT2D eigenvalue weighted by atomic mass is 10.6. The van der Waals surface area contributed by atoms with E-state index in [1.807, 2.05) is 6.92 Å². The Labute approximate surface area is 54.5 Å². The third-order valence-electron chi connectivity index (χ3n) is 0.697. The van der Waals surface area contributed by atoms with Crippen LogP contribution in [0.25, 0.3) is 0 Å². The maximum Gasteiger partial charge on any atom is 0.0897 e. The van der Waals surface area contributed by atoms with E-state index in [1.165, 1.54) is 6.42 Å². The fourth-order valence-electron chi connectivity index (χ4n) is 0.287. The van der Waals surface area contributed by atoms with Crippen molar-refractivity contribution in [2.45, 2.75) is 20.3 Å². The largest absolute Gasteiger partial charge is 0.323 e. The average molecular weight is 132 g/mol. The Morgan fingerprint density at radius 2 is 2.38 bits per heavy atom. The van der Waals surface area contributed by atoms with Crippen LogP contribution in [0.15, 0.2) is 5.10 Å². The van der Waals surface area contributed by atoms with Gasteiger partial charge in [-0.3, -0.25) is 0 Å². The predicted molar refractivity (Wildman–Crippen MR) is 40.0 cm³/mol. The van der Waals surface area contributed by atoms with E-state index in [0.717, 1.165) is 10.8 Å². The average Bonchev–Trinajstić information content (AvgIpc) is 1.83. The predicted octanol–water partition coefficient (Wildman–Crippen LogP) is 1.42. The minimum absolute atomic E-state index is 0.965. The molecule has 8 heavy (non-hydrogen) atoms. The van der Waals surface area contributed by atoms with Crippen molar-refractivity contribution in [3.05, 3.63) is 0 Å². The van der Waals surface area contributed by atoms with Crippen LogP contribution in [0.2, 0.25) is 0 Å². The van der Waals surface area contributed by atoms with Crippen LogP contribution in [0.5, 0.6) is 0 Å². The summed E-state index contributed by atoms with van der Waals surface area (Å²) in [5.41, 5.74) is 0. The van der Waals surface area contributed by atoms with Gasteiger partial charge in [0.15, 0.2) is 0 Å². The van der Waals surface area contributed by atoms with E-state index in [4.69, 9.17) is 5.84 Å². The molecule has 0 aromatic carbocycles. The van der Waals surface area contributed by atoms with Crippen LogP contribution in [0.1, 0.15) is 20.3 Å². The Hall–Kier alpha value is -0.180. The van der Waals surface area contributed by atoms with Crippen molar-refractivity contribution in [2.75, 3.05) is 5.75 Å². The summed E-state index contributed by atoms with van der Waals surface area (Å²) >= 11 is 1.70. The number of nitrogens with zero attached hydrogens (tertiary/aromatic N) is 1. The van der Waals surface area contributed by atoms with Gasteiger partial charge < -0.3 is 5.84 Å². The summed E-state index contributed by atoms with van der Waals surface area (Å²) in [7, 11) is 0. The maximum absolute atomic E-state index is 4.98. The maximum atomic E-state index is 4.98. The Morgan fingerprint density at radius 1 is 1.75 bits per heavy atom. The second-order valence-corrected chi connectivity index (χ2v) is 2.78. The van der Waals surface area contributed by atoms with Gasteiger partial charge in [-0.15, -0.1) is 11.8 Å². The van der Waals surface area contributed by atoms with Gasteiger partial charge in [0.2, 0.25) is 0 Å². The van der Waals surface area contributed by atoms with E-state index < -0.39 is 0 Å². The SMILES string of the molecule is CCCS/C(C)=N\N. The molecule has 2 N–H and O–H groups in total. The molecule has 0 saturated heterocycles. The van der Waals surface area contributed by atoms with Crippen molar-refractivity contribution in [3.63, 3.8) is 0 Å². The topological polar surface area (TPSA) is 38.4 Å². The molecule has 0 aromatic heterocycles. The van der Waals surface area contributed by atoms with Gasteiger partial charge in [-0.05, 0) is 19.1 Å². The molecule has 0 unspecified atom stereocenters. The van der Waals surface area contributed by atoms with Crippen LogP contribution < -0.4 is 5.84 Å². The van der Waals surface area contributed by atoms with E-state index in [0.29, 0.717) is 0 Å². The molecule has 3 heteroatoms. The molecular weight excluding hydrogens is 120 g/mol. The van der Waals surface area contributed by atoms with Crippen LogP contribution in [0.3, 0.4) is 0 Å². The van der Waals surface area contributed by atoms with Crippen LogP contribution in [-0.4, -0.2) is 10.8 Å². The van der Waals surface area contributed by atoms with Crippen LogP contribution in [-0.2, 0) is 0 Å². The van der Waals surface area contributed by atoms with E-state index in [-0.39, 0.29) is 0 Å². The van der Waals surface area contributed by atoms with Gasteiger partial charge >= 0.3 is 0 Å². The minimum Gasteiger partial charge on any atom is -0.323 e. The number of hydrogen-bond acceptors (Lipinski definition) is 3. The van der Waals surface area contributed by atoms with Gasteiger partial charge in [0.1, 0.15) is 0 Å². The molecule has 0 rings (SSSR count).